The van der Waals surface area contributed by atoms with Gasteiger partial charge < -0.3 is 5.73 Å². The van der Waals surface area contributed by atoms with Crippen molar-refractivity contribution in [2.45, 2.75) is 38.0 Å². The molecular formula is C8H24N4Si2. The van der Waals surface area contributed by atoms with E-state index in [-0.39, 0.29) is 9.52 Å². The second-order valence-electron chi connectivity index (χ2n) is 3.16. The molecule has 0 aromatic carbocycles. The second kappa shape index (κ2) is 18.5. The SMILES string of the molecule is C[SiH2]CCCN.C[SiH2]CCCN=[N+]=[N-]. The van der Waals surface area contributed by atoms with Gasteiger partial charge in [-0.1, -0.05) is 36.7 Å². The molecule has 2 N–H and O–H groups in total. The van der Waals surface area contributed by atoms with Crippen molar-refractivity contribution < 1.29 is 0 Å². The van der Waals surface area contributed by atoms with E-state index in [9.17, 15) is 0 Å². The van der Waals surface area contributed by atoms with Gasteiger partial charge in [-0.3, -0.25) is 0 Å². The lowest BCUT2D eigenvalue weighted by Gasteiger charge is -1.86. The molecule has 14 heavy (non-hydrogen) atoms. The first-order valence-electron chi connectivity index (χ1n) is 5.54. The highest BCUT2D eigenvalue weighted by Gasteiger charge is 1.80. The maximum atomic E-state index is 7.84. The highest BCUT2D eigenvalue weighted by molar-refractivity contribution is 6.33. The van der Waals surface area contributed by atoms with Gasteiger partial charge in [0.05, 0.1) is 0 Å². The Hall–Kier alpha value is -0.296. The van der Waals surface area contributed by atoms with Crippen molar-refractivity contribution in [3.8, 4) is 0 Å². The van der Waals surface area contributed by atoms with Crippen LogP contribution in [0, 0.1) is 0 Å². The first kappa shape index (κ1) is 16.1. The molecule has 0 fully saturated rings. The van der Waals surface area contributed by atoms with Crippen molar-refractivity contribution in [3.05, 3.63) is 10.4 Å². The Balaban J connectivity index is 0. The van der Waals surface area contributed by atoms with E-state index in [1.54, 1.807) is 0 Å². The summed E-state index contributed by atoms with van der Waals surface area (Å²) in [7, 11) is 0.526. The zero-order valence-corrected chi connectivity index (χ0v) is 12.4. The van der Waals surface area contributed by atoms with E-state index < -0.39 is 0 Å². The molecule has 84 valence electrons. The fraction of sp³-hybridized carbons (Fsp3) is 1.00. The van der Waals surface area contributed by atoms with Crippen LogP contribution in [0.25, 0.3) is 10.4 Å². The van der Waals surface area contributed by atoms with Crippen molar-refractivity contribution in [1.29, 1.82) is 0 Å². The van der Waals surface area contributed by atoms with E-state index in [0.29, 0.717) is 16.1 Å². The van der Waals surface area contributed by atoms with Gasteiger partial charge in [-0.15, -0.1) is 0 Å². The molecule has 0 bridgehead atoms. The van der Waals surface area contributed by atoms with E-state index in [0.717, 1.165) is 13.0 Å². The van der Waals surface area contributed by atoms with E-state index >= 15 is 0 Å². The van der Waals surface area contributed by atoms with Crippen molar-refractivity contribution in [2.75, 3.05) is 13.1 Å². The molecule has 0 atom stereocenters. The van der Waals surface area contributed by atoms with Crippen molar-refractivity contribution in [2.24, 2.45) is 10.8 Å². The van der Waals surface area contributed by atoms with E-state index in [1.165, 1.54) is 18.5 Å². The minimum Gasteiger partial charge on any atom is -0.330 e. The molecule has 6 heteroatoms. The molecule has 0 heterocycles. The predicted molar refractivity (Wildman–Crippen MR) is 70.7 cm³/mol. The van der Waals surface area contributed by atoms with Crippen LogP contribution in [0.4, 0.5) is 0 Å². The maximum absolute atomic E-state index is 7.84. The van der Waals surface area contributed by atoms with Gasteiger partial charge >= 0.3 is 0 Å². The fourth-order valence-electron chi connectivity index (χ4n) is 0.872. The first-order chi connectivity index (χ1) is 6.83. The normalized spacial score (nSPS) is 10.2. The molecule has 0 aliphatic rings. The third kappa shape index (κ3) is 22.6. The molecule has 0 aromatic rings. The van der Waals surface area contributed by atoms with Gasteiger partial charge in [0, 0.05) is 30.5 Å². The average molecular weight is 232 g/mol. The number of hydrogen-bond acceptors (Lipinski definition) is 2. The summed E-state index contributed by atoms with van der Waals surface area (Å²) in [5.41, 5.74) is 13.1. The Morgan fingerprint density at radius 1 is 1.21 bits per heavy atom. The molecule has 0 saturated heterocycles. The minimum absolute atomic E-state index is 0.203. The van der Waals surface area contributed by atoms with Crippen LogP contribution in [-0.4, -0.2) is 32.1 Å². The second-order valence-corrected chi connectivity index (χ2v) is 6.57. The first-order valence-corrected chi connectivity index (χ1v) is 10.4. The Labute approximate surface area is 91.9 Å². The summed E-state index contributed by atoms with van der Waals surface area (Å²) in [4.78, 5) is 2.65. The predicted octanol–water partition coefficient (Wildman–Crippen LogP) is 1.29. The van der Waals surface area contributed by atoms with Crippen LogP contribution in [0.2, 0.25) is 25.2 Å². The zero-order chi connectivity index (χ0) is 11.1. The Kier molecular flexibility index (Phi) is 21.3. The van der Waals surface area contributed by atoms with Crippen LogP contribution in [-0.2, 0) is 0 Å². The van der Waals surface area contributed by atoms with Crippen LogP contribution in [0.3, 0.4) is 0 Å². The third-order valence-corrected chi connectivity index (χ3v) is 4.15. The Bertz CT molecular complexity index is 133. The lowest BCUT2D eigenvalue weighted by atomic mass is 10.5. The summed E-state index contributed by atoms with van der Waals surface area (Å²) in [5.74, 6) is 0. The smallest absolute Gasteiger partial charge is 0.0255 e. The highest BCUT2D eigenvalue weighted by Crippen LogP contribution is 1.87. The van der Waals surface area contributed by atoms with Gasteiger partial charge in [-0.05, 0) is 18.5 Å². The monoisotopic (exact) mass is 232 g/mol. The molecule has 0 radical (unpaired) electrons. The maximum Gasteiger partial charge on any atom is 0.0255 e. The quantitative estimate of drug-likeness (QED) is 0.232. The third-order valence-electron chi connectivity index (χ3n) is 1.73. The standard InChI is InChI=1S/C4H11N3Si.C4H13NSi/c1-8-4-2-3-6-7-5;1-6-4-2-3-5/h2-4,8H2,1H3;2-6H2,1H3. The summed E-state index contributed by atoms with van der Waals surface area (Å²) < 4.78 is 0. The largest absolute Gasteiger partial charge is 0.330 e. The Morgan fingerprint density at radius 2 is 1.79 bits per heavy atom. The van der Waals surface area contributed by atoms with Crippen LogP contribution in [0.15, 0.2) is 5.11 Å². The minimum atomic E-state index is 0.203. The molecule has 0 rings (SSSR count). The van der Waals surface area contributed by atoms with Gasteiger partial charge in [0.25, 0.3) is 0 Å². The molecule has 0 spiro atoms. The van der Waals surface area contributed by atoms with Gasteiger partial charge in [0.2, 0.25) is 0 Å². The Morgan fingerprint density at radius 3 is 2.14 bits per heavy atom. The van der Waals surface area contributed by atoms with Crippen molar-refractivity contribution >= 4 is 19.0 Å². The molecule has 0 amide bonds. The van der Waals surface area contributed by atoms with E-state index in [2.05, 4.69) is 23.1 Å². The van der Waals surface area contributed by atoms with Crippen LogP contribution >= 0.6 is 0 Å². The summed E-state index contributed by atoms with van der Waals surface area (Å²) in [6.07, 6.45) is 2.34. The summed E-state index contributed by atoms with van der Waals surface area (Å²) in [6, 6.07) is 2.73. The van der Waals surface area contributed by atoms with Crippen LogP contribution in [0.1, 0.15) is 12.8 Å². The number of nitrogens with zero attached hydrogens (tertiary/aromatic N) is 3. The molecule has 0 aliphatic heterocycles. The highest BCUT2D eigenvalue weighted by atomic mass is 28.2. The van der Waals surface area contributed by atoms with Gasteiger partial charge in [0.15, 0.2) is 0 Å². The topological polar surface area (TPSA) is 74.8 Å². The summed E-state index contributed by atoms with van der Waals surface area (Å²) >= 11 is 0. The molecule has 4 nitrogen and oxygen atoms in total. The van der Waals surface area contributed by atoms with E-state index in [1.807, 2.05) is 0 Å². The van der Waals surface area contributed by atoms with E-state index in [4.69, 9.17) is 11.3 Å². The van der Waals surface area contributed by atoms with Gasteiger partial charge in [-0.25, -0.2) is 0 Å². The van der Waals surface area contributed by atoms with Gasteiger partial charge in [0.1, 0.15) is 0 Å². The molecule has 0 aromatic heterocycles. The van der Waals surface area contributed by atoms with Gasteiger partial charge in [-0.2, -0.15) is 0 Å². The molecular weight excluding hydrogens is 208 g/mol. The number of hydrogen-bond donors (Lipinski definition) is 1. The van der Waals surface area contributed by atoms with Crippen molar-refractivity contribution in [1.82, 2.24) is 0 Å². The summed E-state index contributed by atoms with van der Waals surface area (Å²) in [6.45, 7) is 6.16. The number of rotatable bonds is 7. The number of nitrogens with two attached hydrogens (primary N) is 1. The molecule has 0 unspecified atom stereocenters. The molecule has 0 saturated carbocycles. The molecule has 0 aliphatic carbocycles. The summed E-state index contributed by atoms with van der Waals surface area (Å²) in [5, 5.41) is 3.41. The van der Waals surface area contributed by atoms with Crippen LogP contribution < -0.4 is 5.73 Å². The lowest BCUT2D eigenvalue weighted by Crippen LogP contribution is -1.98. The zero-order valence-electron chi connectivity index (χ0n) is 9.58. The van der Waals surface area contributed by atoms with Crippen LogP contribution in [0.5, 0.6) is 0 Å². The fourth-order valence-corrected chi connectivity index (χ4v) is 2.38. The number of azide groups is 1. The lowest BCUT2D eigenvalue weighted by molar-refractivity contribution is 0.916. The van der Waals surface area contributed by atoms with Crippen molar-refractivity contribution in [3.63, 3.8) is 0 Å². The average Bonchev–Trinajstić information content (AvgIpc) is 2.22.